The molecule has 1 aliphatic rings. The second-order valence-electron chi connectivity index (χ2n) is 9.74. The van der Waals surface area contributed by atoms with Crippen LogP contribution < -0.4 is 9.64 Å². The molecule has 0 unspecified atom stereocenters. The van der Waals surface area contributed by atoms with Crippen molar-refractivity contribution >= 4 is 29.0 Å². The van der Waals surface area contributed by atoms with E-state index in [1.807, 2.05) is 53.5 Å². The van der Waals surface area contributed by atoms with Crippen molar-refractivity contribution in [3.8, 4) is 17.2 Å². The predicted octanol–water partition coefficient (Wildman–Crippen LogP) is 8.29. The monoisotopic (exact) mass is 490 g/mol. The maximum absolute atomic E-state index is 6.34. The minimum Gasteiger partial charge on any atom is -0.457 e. The molecule has 2 aromatic heterocycles. The standard InChI is InChI=1S/C30H26N4OS/c1-30(2,3)21-14-16-31-29(18-21)34-25-10-4-5-11-27(25)36-28-13-12-24(20-26(28)34)35-23-9-6-8-22(19-23)33-17-7-15-32-33/h4-20H,1-3H3. The summed E-state index contributed by atoms with van der Waals surface area (Å²) in [5.41, 5.74) is 4.39. The van der Waals surface area contributed by atoms with Crippen molar-refractivity contribution in [1.29, 1.82) is 0 Å². The lowest BCUT2D eigenvalue weighted by Gasteiger charge is -2.33. The molecule has 1 aliphatic heterocycles. The Hall–Kier alpha value is -4.03. The summed E-state index contributed by atoms with van der Waals surface area (Å²) in [7, 11) is 0. The minimum absolute atomic E-state index is 0.0229. The topological polar surface area (TPSA) is 43.2 Å². The molecular formula is C30H26N4OS. The number of ether oxygens (including phenoxy) is 1. The van der Waals surface area contributed by atoms with Gasteiger partial charge in [0.2, 0.25) is 0 Å². The van der Waals surface area contributed by atoms with Crippen LogP contribution in [-0.2, 0) is 5.41 Å². The van der Waals surface area contributed by atoms with Gasteiger partial charge in [-0.1, -0.05) is 50.7 Å². The van der Waals surface area contributed by atoms with Crippen LogP contribution in [0.3, 0.4) is 0 Å². The van der Waals surface area contributed by atoms with Crippen LogP contribution in [0.25, 0.3) is 5.69 Å². The van der Waals surface area contributed by atoms with Gasteiger partial charge in [0.15, 0.2) is 0 Å². The number of pyridine rings is 1. The molecule has 5 aromatic rings. The minimum atomic E-state index is 0.0229. The zero-order valence-electron chi connectivity index (χ0n) is 20.4. The van der Waals surface area contributed by atoms with Crippen molar-refractivity contribution in [2.45, 2.75) is 36.0 Å². The van der Waals surface area contributed by atoms with Crippen molar-refractivity contribution < 1.29 is 4.74 Å². The van der Waals surface area contributed by atoms with E-state index in [9.17, 15) is 0 Å². The largest absolute Gasteiger partial charge is 0.457 e. The Morgan fingerprint density at radius 2 is 1.58 bits per heavy atom. The number of benzene rings is 3. The molecule has 36 heavy (non-hydrogen) atoms. The number of fused-ring (bicyclic) bond motifs is 2. The Morgan fingerprint density at radius 1 is 0.750 bits per heavy atom. The van der Waals surface area contributed by atoms with Gasteiger partial charge in [0, 0.05) is 40.5 Å². The van der Waals surface area contributed by atoms with E-state index < -0.39 is 0 Å². The molecule has 0 N–H and O–H groups in total. The number of para-hydroxylation sites is 1. The summed E-state index contributed by atoms with van der Waals surface area (Å²) in [6, 6.07) is 28.9. The number of hydrogen-bond acceptors (Lipinski definition) is 5. The Labute approximate surface area is 215 Å². The Kier molecular flexibility index (Phi) is 5.53. The zero-order valence-corrected chi connectivity index (χ0v) is 21.2. The first-order valence-corrected chi connectivity index (χ1v) is 12.7. The molecule has 3 aromatic carbocycles. The van der Waals surface area contributed by atoms with E-state index in [0.717, 1.165) is 39.3 Å². The number of nitrogens with zero attached hydrogens (tertiary/aromatic N) is 4. The Bertz CT molecular complexity index is 1540. The number of anilines is 3. The summed E-state index contributed by atoms with van der Waals surface area (Å²) >= 11 is 1.77. The van der Waals surface area contributed by atoms with Gasteiger partial charge in [0.25, 0.3) is 0 Å². The maximum atomic E-state index is 6.34. The Morgan fingerprint density at radius 3 is 2.42 bits per heavy atom. The van der Waals surface area contributed by atoms with E-state index >= 15 is 0 Å². The van der Waals surface area contributed by atoms with Gasteiger partial charge in [-0.2, -0.15) is 5.10 Å². The van der Waals surface area contributed by atoms with Crippen molar-refractivity contribution in [2.75, 3.05) is 4.90 Å². The van der Waals surface area contributed by atoms with E-state index in [-0.39, 0.29) is 5.41 Å². The summed E-state index contributed by atoms with van der Waals surface area (Å²) in [5.74, 6) is 2.42. The lowest BCUT2D eigenvalue weighted by atomic mass is 9.88. The molecule has 0 saturated carbocycles. The van der Waals surface area contributed by atoms with Gasteiger partial charge >= 0.3 is 0 Å². The zero-order chi connectivity index (χ0) is 24.7. The number of aromatic nitrogens is 3. The van der Waals surface area contributed by atoms with Crippen molar-refractivity contribution in [3.63, 3.8) is 0 Å². The highest BCUT2D eigenvalue weighted by molar-refractivity contribution is 7.99. The van der Waals surface area contributed by atoms with E-state index in [2.05, 4.69) is 79.3 Å². The van der Waals surface area contributed by atoms with Crippen LogP contribution in [0.5, 0.6) is 11.5 Å². The molecule has 0 spiro atoms. The van der Waals surface area contributed by atoms with Gasteiger partial charge in [-0.05, 0) is 65.6 Å². The molecule has 5 nitrogen and oxygen atoms in total. The fraction of sp³-hybridized carbons (Fsp3) is 0.133. The summed E-state index contributed by atoms with van der Waals surface area (Å²) in [6.07, 6.45) is 5.59. The quantitative estimate of drug-likeness (QED) is 0.249. The first kappa shape index (κ1) is 22.4. The van der Waals surface area contributed by atoms with Crippen molar-refractivity contribution in [1.82, 2.24) is 14.8 Å². The third-order valence-corrected chi connectivity index (χ3v) is 7.29. The van der Waals surface area contributed by atoms with Crippen LogP contribution in [0.1, 0.15) is 26.3 Å². The van der Waals surface area contributed by atoms with Crippen molar-refractivity contribution in [2.24, 2.45) is 0 Å². The molecule has 0 radical (unpaired) electrons. The Balaban J connectivity index is 1.41. The van der Waals surface area contributed by atoms with E-state index in [4.69, 9.17) is 9.72 Å². The van der Waals surface area contributed by atoms with Gasteiger partial charge in [-0.3, -0.25) is 4.90 Å². The van der Waals surface area contributed by atoms with Gasteiger partial charge in [-0.25, -0.2) is 9.67 Å². The van der Waals surface area contributed by atoms with Gasteiger partial charge in [-0.15, -0.1) is 0 Å². The van der Waals surface area contributed by atoms with E-state index in [1.165, 1.54) is 10.5 Å². The smallest absolute Gasteiger partial charge is 0.137 e. The van der Waals surface area contributed by atoms with E-state index in [0.29, 0.717) is 0 Å². The summed E-state index contributed by atoms with van der Waals surface area (Å²) in [6.45, 7) is 6.68. The normalized spacial score (nSPS) is 12.7. The number of rotatable bonds is 4. The predicted molar refractivity (Wildman–Crippen MR) is 145 cm³/mol. The first-order chi connectivity index (χ1) is 17.5. The summed E-state index contributed by atoms with van der Waals surface area (Å²) in [5, 5.41) is 4.33. The lowest BCUT2D eigenvalue weighted by molar-refractivity contribution is 0.482. The second kappa shape index (κ2) is 8.88. The SMILES string of the molecule is CC(C)(C)c1ccnc(N2c3ccccc3Sc3ccc(Oc4cccc(-n5cccn5)c4)cc32)c1. The fourth-order valence-electron chi connectivity index (χ4n) is 4.30. The van der Waals surface area contributed by atoms with Crippen LogP contribution in [0, 0.1) is 0 Å². The summed E-state index contributed by atoms with van der Waals surface area (Å²) < 4.78 is 8.16. The lowest BCUT2D eigenvalue weighted by Crippen LogP contribution is -2.18. The molecule has 0 fully saturated rings. The highest BCUT2D eigenvalue weighted by Gasteiger charge is 2.27. The second-order valence-corrected chi connectivity index (χ2v) is 10.8. The maximum Gasteiger partial charge on any atom is 0.137 e. The van der Waals surface area contributed by atoms with Gasteiger partial charge in [0.05, 0.1) is 17.1 Å². The molecule has 6 heteroatoms. The molecule has 0 bridgehead atoms. The third-order valence-electron chi connectivity index (χ3n) is 6.16. The van der Waals surface area contributed by atoms with Crippen LogP contribution >= 0.6 is 11.8 Å². The third kappa shape index (κ3) is 4.25. The van der Waals surface area contributed by atoms with Crippen LogP contribution in [0.2, 0.25) is 0 Å². The van der Waals surface area contributed by atoms with E-state index in [1.54, 1.807) is 18.0 Å². The molecular weight excluding hydrogens is 464 g/mol. The average molecular weight is 491 g/mol. The molecule has 3 heterocycles. The first-order valence-electron chi connectivity index (χ1n) is 11.9. The molecule has 0 saturated heterocycles. The average Bonchev–Trinajstić information content (AvgIpc) is 3.42. The van der Waals surface area contributed by atoms with Gasteiger partial charge < -0.3 is 4.74 Å². The van der Waals surface area contributed by atoms with Gasteiger partial charge in [0.1, 0.15) is 17.3 Å². The van der Waals surface area contributed by atoms with Crippen LogP contribution in [0.15, 0.2) is 113 Å². The molecule has 0 amide bonds. The molecule has 6 rings (SSSR count). The van der Waals surface area contributed by atoms with Crippen molar-refractivity contribution in [3.05, 3.63) is 109 Å². The highest BCUT2D eigenvalue weighted by Crippen LogP contribution is 2.52. The molecule has 0 aliphatic carbocycles. The fourth-order valence-corrected chi connectivity index (χ4v) is 5.34. The highest BCUT2D eigenvalue weighted by atomic mass is 32.2. The number of hydrogen-bond donors (Lipinski definition) is 0. The van der Waals surface area contributed by atoms with Crippen LogP contribution in [-0.4, -0.2) is 14.8 Å². The van der Waals surface area contributed by atoms with Crippen LogP contribution in [0.4, 0.5) is 17.2 Å². The molecule has 178 valence electrons. The summed E-state index contributed by atoms with van der Waals surface area (Å²) in [4.78, 5) is 9.40. The molecule has 0 atom stereocenters.